The van der Waals surface area contributed by atoms with Gasteiger partial charge in [-0.2, -0.15) is 0 Å². The normalized spacial score (nSPS) is 13.6. The molecule has 0 heterocycles. The predicted octanol–water partition coefficient (Wildman–Crippen LogP) is 4.78. The quantitative estimate of drug-likeness (QED) is 0.665. The molecule has 1 aromatic carbocycles. The number of rotatable bonds is 9. The van der Waals surface area contributed by atoms with Crippen LogP contribution in [0.4, 0.5) is 0 Å². The number of benzene rings is 1. The van der Waals surface area contributed by atoms with E-state index in [1.807, 2.05) is 13.8 Å². The second kappa shape index (κ2) is 9.33. The highest BCUT2D eigenvalue weighted by molar-refractivity contribution is 6.02. The van der Waals surface area contributed by atoms with Crippen LogP contribution in [0, 0.1) is 11.8 Å². The molecule has 0 aliphatic heterocycles. The van der Waals surface area contributed by atoms with Gasteiger partial charge in [0.05, 0.1) is 11.1 Å². The van der Waals surface area contributed by atoms with Crippen molar-refractivity contribution in [1.29, 1.82) is 0 Å². The Morgan fingerprint density at radius 2 is 1.74 bits per heavy atom. The van der Waals surface area contributed by atoms with Crippen LogP contribution < -0.4 is 0 Å². The SMILES string of the molecule is CCCCC(CC)C(OC(=O)c1ccccc1C(=O)O)C(C)C. The Kier molecular flexibility index (Phi) is 7.79. The highest BCUT2D eigenvalue weighted by Gasteiger charge is 2.28. The van der Waals surface area contributed by atoms with Crippen LogP contribution in [0.3, 0.4) is 0 Å². The molecule has 2 unspecified atom stereocenters. The minimum absolute atomic E-state index is 0.0124. The van der Waals surface area contributed by atoms with Crippen molar-refractivity contribution in [2.45, 2.75) is 59.5 Å². The molecule has 0 bridgehead atoms. The zero-order valence-corrected chi connectivity index (χ0v) is 14.5. The number of carbonyl (C=O) groups is 2. The number of ether oxygens (including phenoxy) is 1. The summed E-state index contributed by atoms with van der Waals surface area (Å²) < 4.78 is 5.74. The van der Waals surface area contributed by atoms with Gasteiger partial charge in [-0.3, -0.25) is 0 Å². The summed E-state index contributed by atoms with van der Waals surface area (Å²) in [7, 11) is 0. The second-order valence-corrected chi connectivity index (χ2v) is 6.28. The lowest BCUT2D eigenvalue weighted by Crippen LogP contribution is -2.32. The van der Waals surface area contributed by atoms with Crippen LogP contribution in [-0.4, -0.2) is 23.1 Å². The first-order valence-electron chi connectivity index (χ1n) is 8.45. The van der Waals surface area contributed by atoms with Crippen molar-refractivity contribution in [2.24, 2.45) is 11.8 Å². The fraction of sp³-hybridized carbons (Fsp3) is 0.579. The van der Waals surface area contributed by atoms with Crippen molar-refractivity contribution in [1.82, 2.24) is 0 Å². The maximum atomic E-state index is 12.5. The smallest absolute Gasteiger partial charge is 0.339 e. The molecule has 2 atom stereocenters. The molecule has 0 fully saturated rings. The first kappa shape index (κ1) is 19.2. The Morgan fingerprint density at radius 1 is 1.13 bits per heavy atom. The average molecular weight is 320 g/mol. The van der Waals surface area contributed by atoms with Crippen LogP contribution in [0.1, 0.15) is 74.1 Å². The monoisotopic (exact) mass is 320 g/mol. The van der Waals surface area contributed by atoms with Crippen LogP contribution in [0.2, 0.25) is 0 Å². The zero-order chi connectivity index (χ0) is 17.4. The number of hydrogen-bond acceptors (Lipinski definition) is 3. The molecule has 23 heavy (non-hydrogen) atoms. The van der Waals surface area contributed by atoms with Crippen molar-refractivity contribution in [3.63, 3.8) is 0 Å². The molecular weight excluding hydrogens is 292 g/mol. The molecule has 0 amide bonds. The third-order valence-electron chi connectivity index (χ3n) is 4.20. The van der Waals surface area contributed by atoms with Crippen molar-refractivity contribution < 1.29 is 19.4 Å². The number of carbonyl (C=O) groups excluding carboxylic acids is 1. The van der Waals surface area contributed by atoms with Gasteiger partial charge in [0, 0.05) is 0 Å². The number of unbranched alkanes of at least 4 members (excludes halogenated alkanes) is 1. The summed E-state index contributed by atoms with van der Waals surface area (Å²) in [5.74, 6) is -1.16. The van der Waals surface area contributed by atoms with Gasteiger partial charge in [-0.15, -0.1) is 0 Å². The lowest BCUT2D eigenvalue weighted by Gasteiger charge is -2.29. The van der Waals surface area contributed by atoms with E-state index in [0.29, 0.717) is 5.92 Å². The molecule has 128 valence electrons. The van der Waals surface area contributed by atoms with E-state index in [4.69, 9.17) is 4.74 Å². The minimum atomic E-state index is -1.11. The standard InChI is InChI=1S/C19H28O4/c1-5-7-10-14(6-2)17(13(3)4)23-19(22)16-12-9-8-11-15(16)18(20)21/h8-9,11-14,17H,5-7,10H2,1-4H3,(H,20,21). The molecule has 0 spiro atoms. The fourth-order valence-corrected chi connectivity index (χ4v) is 2.88. The largest absolute Gasteiger partial charge is 0.478 e. The maximum Gasteiger partial charge on any atom is 0.339 e. The molecule has 0 aliphatic rings. The summed E-state index contributed by atoms with van der Waals surface area (Å²) in [6.45, 7) is 8.33. The van der Waals surface area contributed by atoms with Crippen LogP contribution in [0.25, 0.3) is 0 Å². The summed E-state index contributed by atoms with van der Waals surface area (Å²) >= 11 is 0. The van der Waals surface area contributed by atoms with Gasteiger partial charge in [0.25, 0.3) is 0 Å². The van der Waals surface area contributed by atoms with Crippen LogP contribution >= 0.6 is 0 Å². The molecule has 1 N–H and O–H groups in total. The molecule has 1 aromatic rings. The highest BCUT2D eigenvalue weighted by Crippen LogP contribution is 2.26. The number of carboxylic acids is 1. The summed E-state index contributed by atoms with van der Waals surface area (Å²) in [4.78, 5) is 23.8. The predicted molar refractivity (Wildman–Crippen MR) is 90.7 cm³/mol. The van der Waals surface area contributed by atoms with E-state index in [2.05, 4.69) is 13.8 Å². The summed E-state index contributed by atoms with van der Waals surface area (Å²) in [5.41, 5.74) is 0.109. The van der Waals surface area contributed by atoms with Crippen molar-refractivity contribution in [2.75, 3.05) is 0 Å². The third kappa shape index (κ3) is 5.38. The molecule has 0 saturated carbocycles. The van der Waals surface area contributed by atoms with Gasteiger partial charge in [-0.05, 0) is 36.8 Å². The number of aromatic carboxylic acids is 1. The molecule has 0 saturated heterocycles. The Hall–Kier alpha value is -1.84. The molecule has 0 aromatic heterocycles. The van der Waals surface area contributed by atoms with E-state index in [-0.39, 0.29) is 23.1 Å². The summed E-state index contributed by atoms with van der Waals surface area (Å²) in [5, 5.41) is 9.22. The van der Waals surface area contributed by atoms with Crippen molar-refractivity contribution in [3.05, 3.63) is 35.4 Å². The lowest BCUT2D eigenvalue weighted by molar-refractivity contribution is -0.00556. The van der Waals surface area contributed by atoms with Gasteiger partial charge < -0.3 is 9.84 Å². The zero-order valence-electron chi connectivity index (χ0n) is 14.5. The summed E-state index contributed by atoms with van der Waals surface area (Å²) in [6, 6.07) is 6.20. The lowest BCUT2D eigenvalue weighted by atomic mass is 9.87. The molecule has 1 rings (SSSR count). The Morgan fingerprint density at radius 3 is 2.22 bits per heavy atom. The second-order valence-electron chi connectivity index (χ2n) is 6.28. The number of esters is 1. The molecule has 4 nitrogen and oxygen atoms in total. The molecule has 0 radical (unpaired) electrons. The van der Waals surface area contributed by atoms with Gasteiger partial charge in [0.1, 0.15) is 6.10 Å². The molecular formula is C19H28O4. The number of hydrogen-bond donors (Lipinski definition) is 1. The van der Waals surface area contributed by atoms with E-state index in [9.17, 15) is 14.7 Å². The van der Waals surface area contributed by atoms with E-state index < -0.39 is 11.9 Å². The molecule has 0 aliphatic carbocycles. The van der Waals surface area contributed by atoms with Crippen LogP contribution in [-0.2, 0) is 4.74 Å². The van der Waals surface area contributed by atoms with Gasteiger partial charge >= 0.3 is 11.9 Å². The first-order chi connectivity index (χ1) is 10.9. The average Bonchev–Trinajstić information content (AvgIpc) is 2.53. The van der Waals surface area contributed by atoms with Crippen LogP contribution in [0.15, 0.2) is 24.3 Å². The van der Waals surface area contributed by atoms with Crippen molar-refractivity contribution in [3.8, 4) is 0 Å². The Bertz CT molecular complexity index is 522. The van der Waals surface area contributed by atoms with Gasteiger partial charge in [0.2, 0.25) is 0 Å². The first-order valence-corrected chi connectivity index (χ1v) is 8.45. The van der Waals surface area contributed by atoms with E-state index in [1.54, 1.807) is 12.1 Å². The fourth-order valence-electron chi connectivity index (χ4n) is 2.88. The Balaban J connectivity index is 2.96. The topological polar surface area (TPSA) is 63.6 Å². The third-order valence-corrected chi connectivity index (χ3v) is 4.20. The highest BCUT2D eigenvalue weighted by atomic mass is 16.5. The molecule has 4 heteroatoms. The summed E-state index contributed by atoms with van der Waals surface area (Å²) in [6.07, 6.45) is 3.98. The van der Waals surface area contributed by atoms with Gasteiger partial charge in [-0.1, -0.05) is 52.7 Å². The van der Waals surface area contributed by atoms with E-state index in [1.165, 1.54) is 12.1 Å². The maximum absolute atomic E-state index is 12.5. The Labute approximate surface area is 138 Å². The van der Waals surface area contributed by atoms with Crippen molar-refractivity contribution >= 4 is 11.9 Å². The minimum Gasteiger partial charge on any atom is -0.478 e. The van der Waals surface area contributed by atoms with Gasteiger partial charge in [-0.25, -0.2) is 9.59 Å². The van der Waals surface area contributed by atoms with E-state index in [0.717, 1.165) is 25.7 Å². The van der Waals surface area contributed by atoms with E-state index >= 15 is 0 Å². The van der Waals surface area contributed by atoms with Crippen LogP contribution in [0.5, 0.6) is 0 Å². The van der Waals surface area contributed by atoms with Gasteiger partial charge in [0.15, 0.2) is 0 Å². The number of carboxylic acid groups (broad SMARTS) is 1.